The molecule has 0 aliphatic rings. The first-order valence-corrected chi connectivity index (χ1v) is 8.23. The third-order valence-electron chi connectivity index (χ3n) is 3.74. The van der Waals surface area contributed by atoms with Crippen LogP contribution in [0.5, 0.6) is 5.75 Å². The van der Waals surface area contributed by atoms with E-state index < -0.39 is 12.1 Å². The smallest absolute Gasteiger partial charge is 0.342 e. The molecule has 1 amide bonds. The molecule has 0 radical (unpaired) electrons. The minimum Gasteiger partial charge on any atom is -0.507 e. The van der Waals surface area contributed by atoms with Gasteiger partial charge in [0.2, 0.25) is 11.7 Å². The lowest BCUT2D eigenvalue weighted by molar-refractivity contribution is -0.118. The number of ketones is 1. The van der Waals surface area contributed by atoms with Crippen molar-refractivity contribution in [1.82, 2.24) is 0 Å². The Morgan fingerprint density at radius 3 is 2.15 bits per heavy atom. The summed E-state index contributed by atoms with van der Waals surface area (Å²) in [4.78, 5) is 36.1. The highest BCUT2D eigenvalue weighted by Crippen LogP contribution is 2.19. The number of phenolic OH excluding ortho intramolecular Hbond substituents is 1. The lowest BCUT2D eigenvalue weighted by Gasteiger charge is -2.13. The van der Waals surface area contributed by atoms with Crippen molar-refractivity contribution >= 4 is 23.3 Å². The first-order chi connectivity index (χ1) is 12.3. The molecule has 1 atom stereocenters. The molecule has 136 valence electrons. The number of nitrogens with one attached hydrogen (secondary N) is 1. The quantitative estimate of drug-likeness (QED) is 0.612. The Labute approximate surface area is 151 Å². The van der Waals surface area contributed by atoms with Crippen LogP contribution in [0.3, 0.4) is 0 Å². The van der Waals surface area contributed by atoms with Crippen LogP contribution < -0.4 is 5.32 Å². The van der Waals surface area contributed by atoms with E-state index in [1.165, 1.54) is 19.1 Å². The number of para-hydroxylation sites is 1. The van der Waals surface area contributed by atoms with E-state index in [0.29, 0.717) is 11.3 Å². The zero-order valence-electron chi connectivity index (χ0n) is 14.9. The van der Waals surface area contributed by atoms with Gasteiger partial charge in [0, 0.05) is 17.2 Å². The monoisotopic (exact) mass is 355 g/mol. The maximum atomic E-state index is 12.4. The first-order valence-electron chi connectivity index (χ1n) is 8.23. The van der Waals surface area contributed by atoms with Gasteiger partial charge >= 0.3 is 5.97 Å². The van der Waals surface area contributed by atoms with Gasteiger partial charge in [0.25, 0.3) is 0 Å². The Morgan fingerprint density at radius 2 is 1.58 bits per heavy atom. The average molecular weight is 355 g/mol. The van der Waals surface area contributed by atoms with Crippen LogP contribution in [0.2, 0.25) is 0 Å². The van der Waals surface area contributed by atoms with Gasteiger partial charge in [0.1, 0.15) is 11.3 Å². The summed E-state index contributed by atoms with van der Waals surface area (Å²) in [6.45, 7) is 5.04. The molecule has 0 heterocycles. The van der Waals surface area contributed by atoms with Gasteiger partial charge in [-0.2, -0.15) is 0 Å². The number of hydrogen-bond acceptors (Lipinski definition) is 5. The number of anilines is 1. The number of carbonyl (C=O) groups is 3. The molecule has 0 saturated heterocycles. The Morgan fingerprint density at radius 1 is 0.962 bits per heavy atom. The van der Waals surface area contributed by atoms with Crippen LogP contribution in [-0.4, -0.2) is 28.9 Å². The Bertz CT molecular complexity index is 811. The first kappa shape index (κ1) is 19.2. The SMILES string of the molecule is CC(C)C(=O)Nc1ccc(C(=O)C(C)OC(=O)c2ccccc2O)cc1. The number of aromatic hydroxyl groups is 1. The maximum Gasteiger partial charge on any atom is 0.342 e. The minimum absolute atomic E-state index is 0.00102. The average Bonchev–Trinajstić information content (AvgIpc) is 2.61. The molecule has 0 fully saturated rings. The van der Waals surface area contributed by atoms with Gasteiger partial charge < -0.3 is 15.2 Å². The lowest BCUT2D eigenvalue weighted by atomic mass is 10.1. The molecular weight excluding hydrogens is 334 g/mol. The Kier molecular flexibility index (Phi) is 6.11. The number of phenols is 1. The van der Waals surface area contributed by atoms with E-state index in [9.17, 15) is 19.5 Å². The molecular formula is C20H21NO5. The normalized spacial score (nSPS) is 11.7. The molecule has 2 aromatic rings. The molecule has 2 aromatic carbocycles. The van der Waals surface area contributed by atoms with Gasteiger partial charge in [-0.25, -0.2) is 4.79 Å². The van der Waals surface area contributed by atoms with E-state index in [4.69, 9.17) is 4.74 Å². The van der Waals surface area contributed by atoms with Crippen LogP contribution in [0.15, 0.2) is 48.5 Å². The number of esters is 1. The van der Waals surface area contributed by atoms with Crippen LogP contribution in [0.25, 0.3) is 0 Å². The largest absolute Gasteiger partial charge is 0.507 e. The molecule has 0 aliphatic heterocycles. The summed E-state index contributed by atoms with van der Waals surface area (Å²) in [7, 11) is 0. The minimum atomic E-state index is -1.02. The summed E-state index contributed by atoms with van der Waals surface area (Å²) in [5.74, 6) is -1.62. The summed E-state index contributed by atoms with van der Waals surface area (Å²) < 4.78 is 5.14. The molecule has 0 aromatic heterocycles. The van der Waals surface area contributed by atoms with E-state index in [0.717, 1.165) is 0 Å². The van der Waals surface area contributed by atoms with E-state index >= 15 is 0 Å². The molecule has 6 heteroatoms. The number of amides is 1. The lowest BCUT2D eigenvalue weighted by Crippen LogP contribution is -2.24. The third kappa shape index (κ3) is 4.69. The highest BCUT2D eigenvalue weighted by molar-refractivity contribution is 6.02. The van der Waals surface area contributed by atoms with Crippen molar-refractivity contribution in [2.45, 2.75) is 26.9 Å². The number of carbonyl (C=O) groups excluding carboxylic acids is 3. The zero-order valence-corrected chi connectivity index (χ0v) is 14.9. The van der Waals surface area contributed by atoms with Crippen molar-refractivity contribution in [3.8, 4) is 5.75 Å². The highest BCUT2D eigenvalue weighted by atomic mass is 16.5. The van der Waals surface area contributed by atoms with Gasteiger partial charge in [-0.1, -0.05) is 26.0 Å². The van der Waals surface area contributed by atoms with Crippen LogP contribution >= 0.6 is 0 Å². The molecule has 0 saturated carbocycles. The predicted molar refractivity (Wildman–Crippen MR) is 97.2 cm³/mol. The zero-order chi connectivity index (χ0) is 19.3. The van der Waals surface area contributed by atoms with Gasteiger partial charge in [0.15, 0.2) is 6.10 Å². The van der Waals surface area contributed by atoms with Crippen LogP contribution in [0.4, 0.5) is 5.69 Å². The van der Waals surface area contributed by atoms with Crippen molar-refractivity contribution in [2.24, 2.45) is 5.92 Å². The molecule has 0 bridgehead atoms. The molecule has 0 spiro atoms. The second kappa shape index (κ2) is 8.29. The fourth-order valence-corrected chi connectivity index (χ4v) is 2.16. The molecule has 2 N–H and O–H groups in total. The predicted octanol–water partition coefficient (Wildman–Crippen LogP) is 3.41. The van der Waals surface area contributed by atoms with Crippen LogP contribution in [0, 0.1) is 5.92 Å². The fraction of sp³-hybridized carbons (Fsp3) is 0.250. The van der Waals surface area contributed by atoms with Crippen LogP contribution in [-0.2, 0) is 9.53 Å². The van der Waals surface area contributed by atoms with Gasteiger partial charge in [-0.05, 0) is 43.3 Å². The van der Waals surface area contributed by atoms with Gasteiger partial charge in [0.05, 0.1) is 0 Å². The summed E-state index contributed by atoms with van der Waals surface area (Å²) in [5.41, 5.74) is 0.933. The van der Waals surface area contributed by atoms with Crippen molar-refractivity contribution in [3.05, 3.63) is 59.7 Å². The maximum absolute atomic E-state index is 12.4. The number of hydrogen-bond donors (Lipinski definition) is 2. The standard InChI is InChI=1S/C20H21NO5/c1-12(2)19(24)21-15-10-8-14(9-11-15)18(23)13(3)26-20(25)16-6-4-5-7-17(16)22/h4-13,22H,1-3H3,(H,21,24). The second-order valence-corrected chi connectivity index (χ2v) is 6.15. The number of Topliss-reactive ketones (excluding diaryl/α,β-unsaturated/α-hetero) is 1. The van der Waals surface area contributed by atoms with Crippen molar-refractivity contribution in [2.75, 3.05) is 5.32 Å². The molecule has 0 aliphatic carbocycles. The summed E-state index contributed by atoms with van der Waals surface area (Å²) in [5, 5.41) is 12.4. The van der Waals surface area contributed by atoms with Crippen molar-refractivity contribution in [3.63, 3.8) is 0 Å². The van der Waals surface area contributed by atoms with E-state index in [-0.39, 0.29) is 28.9 Å². The molecule has 1 unspecified atom stereocenters. The van der Waals surface area contributed by atoms with Crippen molar-refractivity contribution < 1.29 is 24.2 Å². The number of ether oxygens (including phenoxy) is 1. The fourth-order valence-electron chi connectivity index (χ4n) is 2.16. The second-order valence-electron chi connectivity index (χ2n) is 6.15. The van der Waals surface area contributed by atoms with Crippen molar-refractivity contribution in [1.29, 1.82) is 0 Å². The van der Waals surface area contributed by atoms with E-state index in [1.54, 1.807) is 50.2 Å². The van der Waals surface area contributed by atoms with Gasteiger partial charge in [-0.3, -0.25) is 9.59 Å². The summed E-state index contributed by atoms with van der Waals surface area (Å²) in [6, 6.07) is 12.3. The third-order valence-corrected chi connectivity index (χ3v) is 3.74. The topological polar surface area (TPSA) is 92.7 Å². The Balaban J connectivity index is 2.03. The molecule has 6 nitrogen and oxygen atoms in total. The van der Waals surface area contributed by atoms with Gasteiger partial charge in [-0.15, -0.1) is 0 Å². The molecule has 2 rings (SSSR count). The number of benzene rings is 2. The van der Waals surface area contributed by atoms with Crippen LogP contribution in [0.1, 0.15) is 41.5 Å². The highest BCUT2D eigenvalue weighted by Gasteiger charge is 2.22. The number of rotatable bonds is 6. The Hall–Kier alpha value is -3.15. The van der Waals surface area contributed by atoms with E-state index in [1.807, 2.05) is 0 Å². The van der Waals surface area contributed by atoms with E-state index in [2.05, 4.69) is 5.32 Å². The molecule has 26 heavy (non-hydrogen) atoms. The summed E-state index contributed by atoms with van der Waals surface area (Å²) in [6.07, 6.45) is -1.02. The summed E-state index contributed by atoms with van der Waals surface area (Å²) >= 11 is 0.